The molecule has 336 valence electrons. The van der Waals surface area contributed by atoms with Crippen LogP contribution in [0.1, 0.15) is 63.3 Å². The van der Waals surface area contributed by atoms with Gasteiger partial charge in [0.05, 0.1) is 19.3 Å². The van der Waals surface area contributed by atoms with E-state index in [1.165, 1.54) is 0 Å². The van der Waals surface area contributed by atoms with Crippen molar-refractivity contribution in [3.8, 4) is 0 Å². The molecular formula is C49H62N6O8. The Balaban J connectivity index is 1.60. The molecule has 0 aliphatic heterocycles. The molecule has 63 heavy (non-hydrogen) atoms. The Morgan fingerprint density at radius 2 is 1.00 bits per heavy atom. The van der Waals surface area contributed by atoms with Crippen LogP contribution in [0, 0.1) is 17.8 Å². The van der Waals surface area contributed by atoms with Gasteiger partial charge in [-0.05, 0) is 47.4 Å². The molecule has 14 heteroatoms. The van der Waals surface area contributed by atoms with Gasteiger partial charge in [-0.2, -0.15) is 0 Å². The normalized spacial score (nSPS) is 14.0. The minimum Gasteiger partial charge on any atom is -0.459 e. The number of carbonyl (C=O) groups excluding carboxylic acids is 6. The van der Waals surface area contributed by atoms with E-state index in [9.17, 15) is 28.8 Å². The molecule has 0 radical (unpaired) electrons. The summed E-state index contributed by atoms with van der Waals surface area (Å²) in [6.07, 6.45) is -1.33. The average molecular weight is 863 g/mol. The number of amides is 5. The van der Waals surface area contributed by atoms with Crippen LogP contribution >= 0.6 is 0 Å². The summed E-state index contributed by atoms with van der Waals surface area (Å²) in [6.45, 7) is 8.67. The second-order valence-corrected chi connectivity index (χ2v) is 16.3. The van der Waals surface area contributed by atoms with Crippen molar-refractivity contribution in [1.29, 1.82) is 0 Å². The predicted molar refractivity (Wildman–Crippen MR) is 240 cm³/mol. The fraction of sp³-hybridized carbons (Fsp3) is 0.388. The van der Waals surface area contributed by atoms with Crippen LogP contribution in [0.4, 0.5) is 0 Å². The van der Waals surface area contributed by atoms with Crippen LogP contribution in [0.3, 0.4) is 0 Å². The quantitative estimate of drug-likeness (QED) is 0.0340. The average Bonchev–Trinajstić information content (AvgIpc) is 3.27. The molecule has 0 aliphatic rings. The second kappa shape index (κ2) is 25.5. The fourth-order valence-corrected chi connectivity index (χ4v) is 6.87. The van der Waals surface area contributed by atoms with E-state index in [1.54, 1.807) is 45.0 Å². The van der Waals surface area contributed by atoms with E-state index in [4.69, 9.17) is 15.2 Å². The van der Waals surface area contributed by atoms with Crippen LogP contribution in [-0.4, -0.2) is 72.4 Å². The lowest BCUT2D eigenvalue weighted by molar-refractivity contribution is -0.150. The van der Waals surface area contributed by atoms with Crippen molar-refractivity contribution in [2.24, 2.45) is 23.5 Å². The molecule has 5 amide bonds. The molecule has 7 N–H and O–H groups in total. The van der Waals surface area contributed by atoms with Gasteiger partial charge >= 0.3 is 5.97 Å². The number of benzene rings is 4. The maximum Gasteiger partial charge on any atom is 0.328 e. The first-order chi connectivity index (χ1) is 30.2. The molecule has 0 spiro atoms. The second-order valence-electron chi connectivity index (χ2n) is 16.3. The zero-order valence-corrected chi connectivity index (χ0v) is 36.8. The van der Waals surface area contributed by atoms with Crippen LogP contribution in [0.25, 0.3) is 0 Å². The van der Waals surface area contributed by atoms with E-state index < -0.39 is 77.7 Å². The first-order valence-electron chi connectivity index (χ1n) is 21.4. The molecule has 0 fully saturated rings. The molecule has 4 aromatic rings. The molecule has 6 atom stereocenters. The standard InChI is InChI=1S/C49H62N6O8/c1-32(2)26-40(49(61)63-31-38-24-16-9-17-25-38)52-48(60)44(34(5)62-30-37-22-14-8-15-23-37)55-45(57)39(27-35-18-10-6-11-19-35)51-46(58)43(33(3)4)47(59)54-41(53-42(56)29-50)28-36-20-12-7-13-21-36/h6-25,32-34,39-41,43-44H,26-31,50H2,1-5H3,(H,51,58)(H,52,60)(H,53,56)(H,54,59)(H,55,57)/t34-,39+,40+,41-,43?,44+/m1/s1. The largest absolute Gasteiger partial charge is 0.459 e. The Kier molecular flexibility index (Phi) is 20.0. The Bertz CT molecular complexity index is 2050. The van der Waals surface area contributed by atoms with Crippen molar-refractivity contribution in [2.75, 3.05) is 6.54 Å². The van der Waals surface area contributed by atoms with Gasteiger partial charge in [0, 0.05) is 12.8 Å². The molecule has 0 aromatic heterocycles. The van der Waals surface area contributed by atoms with E-state index in [0.717, 1.165) is 16.7 Å². The third-order valence-corrected chi connectivity index (χ3v) is 10.2. The highest BCUT2D eigenvalue weighted by molar-refractivity contribution is 6.02. The van der Waals surface area contributed by atoms with Gasteiger partial charge in [0.15, 0.2) is 0 Å². The molecule has 4 rings (SSSR count). The number of esters is 1. The van der Waals surface area contributed by atoms with Gasteiger partial charge in [-0.15, -0.1) is 0 Å². The third-order valence-electron chi connectivity index (χ3n) is 10.2. The Labute approximate surface area is 370 Å². The van der Waals surface area contributed by atoms with Crippen molar-refractivity contribution in [1.82, 2.24) is 26.6 Å². The molecule has 0 bridgehead atoms. The zero-order chi connectivity index (χ0) is 45.7. The van der Waals surface area contributed by atoms with E-state index in [-0.39, 0.29) is 44.9 Å². The van der Waals surface area contributed by atoms with Crippen LogP contribution in [-0.2, 0) is 64.3 Å². The Hall–Kier alpha value is -6.38. The Morgan fingerprint density at radius 1 is 0.524 bits per heavy atom. The third kappa shape index (κ3) is 16.8. The van der Waals surface area contributed by atoms with Gasteiger partial charge < -0.3 is 41.8 Å². The van der Waals surface area contributed by atoms with Gasteiger partial charge in [0.2, 0.25) is 29.5 Å². The lowest BCUT2D eigenvalue weighted by Gasteiger charge is -2.30. The number of ether oxygens (including phenoxy) is 2. The highest BCUT2D eigenvalue weighted by Crippen LogP contribution is 2.16. The first kappa shape index (κ1) is 49.3. The van der Waals surface area contributed by atoms with Crippen molar-refractivity contribution in [3.05, 3.63) is 144 Å². The highest BCUT2D eigenvalue weighted by Gasteiger charge is 2.37. The minimum absolute atomic E-state index is 0.00339. The molecular weight excluding hydrogens is 801 g/mol. The van der Waals surface area contributed by atoms with Crippen LogP contribution in [0.5, 0.6) is 0 Å². The number of nitrogens with two attached hydrogens (primary N) is 1. The lowest BCUT2D eigenvalue weighted by atomic mass is 9.92. The van der Waals surface area contributed by atoms with Gasteiger partial charge in [-0.3, -0.25) is 24.0 Å². The minimum atomic E-state index is -1.35. The summed E-state index contributed by atoms with van der Waals surface area (Å²) in [4.78, 5) is 82.9. The maximum atomic E-state index is 14.5. The summed E-state index contributed by atoms with van der Waals surface area (Å²) in [5.74, 6) is -5.82. The number of hydrogen-bond donors (Lipinski definition) is 6. The van der Waals surface area contributed by atoms with Crippen molar-refractivity contribution in [2.45, 2.75) is 97.5 Å². The summed E-state index contributed by atoms with van der Waals surface area (Å²) in [6, 6.07) is 33.0. The van der Waals surface area contributed by atoms with Crippen LogP contribution in [0.2, 0.25) is 0 Å². The van der Waals surface area contributed by atoms with Crippen molar-refractivity contribution >= 4 is 35.5 Å². The van der Waals surface area contributed by atoms with E-state index >= 15 is 0 Å². The summed E-state index contributed by atoms with van der Waals surface area (Å²) in [5.41, 5.74) is 8.70. The van der Waals surface area contributed by atoms with E-state index in [2.05, 4.69) is 26.6 Å². The van der Waals surface area contributed by atoms with Crippen LogP contribution in [0.15, 0.2) is 121 Å². The van der Waals surface area contributed by atoms with Gasteiger partial charge in [0.1, 0.15) is 36.8 Å². The molecule has 0 saturated heterocycles. The number of hydrogen-bond acceptors (Lipinski definition) is 9. The zero-order valence-electron chi connectivity index (χ0n) is 36.8. The summed E-state index contributed by atoms with van der Waals surface area (Å²) >= 11 is 0. The number of carbonyl (C=O) groups is 6. The highest BCUT2D eigenvalue weighted by atomic mass is 16.5. The van der Waals surface area contributed by atoms with Crippen molar-refractivity contribution < 1.29 is 38.2 Å². The topological polar surface area (TPSA) is 207 Å². The number of rotatable bonds is 24. The van der Waals surface area contributed by atoms with Crippen LogP contribution < -0.4 is 32.3 Å². The summed E-state index contributed by atoms with van der Waals surface area (Å²) < 4.78 is 11.8. The molecule has 1 unspecified atom stereocenters. The molecule has 4 aromatic carbocycles. The summed E-state index contributed by atoms with van der Waals surface area (Å²) in [5, 5.41) is 13.9. The molecule has 0 saturated carbocycles. The van der Waals surface area contributed by atoms with E-state index in [1.807, 2.05) is 111 Å². The fourth-order valence-electron chi connectivity index (χ4n) is 6.87. The lowest BCUT2D eigenvalue weighted by Crippen LogP contribution is -2.61. The first-order valence-corrected chi connectivity index (χ1v) is 21.4. The van der Waals surface area contributed by atoms with Gasteiger partial charge in [0.25, 0.3) is 0 Å². The van der Waals surface area contributed by atoms with Crippen molar-refractivity contribution in [3.63, 3.8) is 0 Å². The summed E-state index contributed by atoms with van der Waals surface area (Å²) in [7, 11) is 0. The molecule has 0 aliphatic carbocycles. The number of nitrogens with one attached hydrogen (secondary N) is 5. The smallest absolute Gasteiger partial charge is 0.328 e. The van der Waals surface area contributed by atoms with Gasteiger partial charge in [-0.1, -0.05) is 149 Å². The maximum absolute atomic E-state index is 14.5. The monoisotopic (exact) mass is 862 g/mol. The van der Waals surface area contributed by atoms with Gasteiger partial charge in [-0.25, -0.2) is 4.79 Å². The molecule has 14 nitrogen and oxygen atoms in total. The predicted octanol–water partition coefficient (Wildman–Crippen LogP) is 4.11. The van der Waals surface area contributed by atoms with E-state index in [0.29, 0.717) is 5.56 Å². The Morgan fingerprint density at radius 3 is 1.51 bits per heavy atom. The molecule has 0 heterocycles. The SMILES string of the molecule is CC(C)C[C@H](NC(=O)[C@@H](NC(=O)[C@H](Cc1ccccc1)NC(=O)C(C(=O)N[C@H](Cc1ccccc1)NC(=O)CN)C(C)C)[C@@H](C)OCc1ccccc1)C(=O)OCc1ccccc1.